The highest BCUT2D eigenvalue weighted by atomic mass is 19.3. The summed E-state index contributed by atoms with van der Waals surface area (Å²) >= 11 is 0. The molecule has 1 aromatic heterocycles. The fourth-order valence-corrected chi connectivity index (χ4v) is 2.74. The van der Waals surface area contributed by atoms with Gasteiger partial charge in [-0.15, -0.1) is 0 Å². The lowest BCUT2D eigenvalue weighted by Gasteiger charge is -2.23. The maximum atomic E-state index is 12.5. The molecule has 1 amide bonds. The fourth-order valence-electron chi connectivity index (χ4n) is 2.74. The van der Waals surface area contributed by atoms with Crippen molar-refractivity contribution in [1.82, 2.24) is 9.47 Å². The molecule has 1 aliphatic heterocycles. The minimum Gasteiger partial charge on any atom is -0.481 e. The van der Waals surface area contributed by atoms with Crippen LogP contribution in [0.4, 0.5) is 8.78 Å². The first kappa shape index (κ1) is 15.5. The van der Waals surface area contributed by atoms with Gasteiger partial charge in [-0.2, -0.15) is 0 Å². The number of alkyl halides is 2. The second-order valence-electron chi connectivity index (χ2n) is 5.35. The summed E-state index contributed by atoms with van der Waals surface area (Å²) in [5.41, 5.74) is -0.747. The number of aromatic nitrogens is 1. The molecular weight excluding hydrogens is 282 g/mol. The average molecular weight is 300 g/mol. The maximum absolute atomic E-state index is 12.5. The van der Waals surface area contributed by atoms with E-state index in [9.17, 15) is 23.5 Å². The molecule has 1 atom stereocenters. The van der Waals surface area contributed by atoms with E-state index < -0.39 is 30.3 Å². The molecule has 116 valence electrons. The van der Waals surface area contributed by atoms with E-state index in [-0.39, 0.29) is 12.2 Å². The highest BCUT2D eigenvalue weighted by Gasteiger charge is 2.45. The van der Waals surface area contributed by atoms with Gasteiger partial charge < -0.3 is 14.6 Å². The van der Waals surface area contributed by atoms with Crippen LogP contribution in [0, 0.1) is 5.41 Å². The molecule has 2 heterocycles. The molecule has 1 saturated heterocycles. The van der Waals surface area contributed by atoms with E-state index in [1.165, 1.54) is 27.8 Å². The summed E-state index contributed by atoms with van der Waals surface area (Å²) in [5.74, 6) is -1.31. The second kappa shape index (κ2) is 5.83. The zero-order valence-corrected chi connectivity index (χ0v) is 11.8. The standard InChI is InChI=1S/C14H18F2N2O3/c1-2-14(13(20)21)5-7-18(9-14)12(19)10-4-3-6-17(10)8-11(15)16/h3-4,6,11H,2,5,7-9H2,1H3,(H,20,21). The lowest BCUT2D eigenvalue weighted by atomic mass is 9.84. The van der Waals surface area contributed by atoms with Crippen molar-refractivity contribution in [2.75, 3.05) is 13.1 Å². The Bertz CT molecular complexity index is 544. The number of carbonyl (C=O) groups is 2. The van der Waals surface area contributed by atoms with Gasteiger partial charge in [0.1, 0.15) is 5.69 Å². The Balaban J connectivity index is 2.15. The van der Waals surface area contributed by atoms with Crippen molar-refractivity contribution in [1.29, 1.82) is 0 Å². The van der Waals surface area contributed by atoms with Crippen molar-refractivity contribution in [3.8, 4) is 0 Å². The van der Waals surface area contributed by atoms with Crippen LogP contribution in [0.1, 0.15) is 30.3 Å². The number of halogens is 2. The van der Waals surface area contributed by atoms with E-state index >= 15 is 0 Å². The van der Waals surface area contributed by atoms with E-state index in [2.05, 4.69) is 0 Å². The molecular formula is C14H18F2N2O3. The number of hydrogen-bond acceptors (Lipinski definition) is 2. The van der Waals surface area contributed by atoms with Crippen LogP contribution in [-0.4, -0.2) is 46.0 Å². The highest BCUT2D eigenvalue weighted by Crippen LogP contribution is 2.34. The Morgan fingerprint density at radius 1 is 1.48 bits per heavy atom. The SMILES string of the molecule is CCC1(C(=O)O)CCN(C(=O)c2cccn2CC(F)F)C1. The number of carboxylic acids is 1. The third-order valence-corrected chi connectivity index (χ3v) is 4.15. The first-order valence-electron chi connectivity index (χ1n) is 6.85. The third-order valence-electron chi connectivity index (χ3n) is 4.15. The van der Waals surface area contributed by atoms with Crippen LogP contribution in [0.2, 0.25) is 0 Å². The molecule has 1 unspecified atom stereocenters. The smallest absolute Gasteiger partial charge is 0.311 e. The molecule has 5 nitrogen and oxygen atoms in total. The number of carboxylic acid groups (broad SMARTS) is 1. The molecule has 21 heavy (non-hydrogen) atoms. The van der Waals surface area contributed by atoms with Gasteiger partial charge in [-0.1, -0.05) is 6.92 Å². The van der Waals surface area contributed by atoms with Crippen molar-refractivity contribution in [3.63, 3.8) is 0 Å². The lowest BCUT2D eigenvalue weighted by molar-refractivity contribution is -0.148. The van der Waals surface area contributed by atoms with Gasteiger partial charge in [0, 0.05) is 19.3 Å². The van der Waals surface area contributed by atoms with Crippen molar-refractivity contribution in [2.24, 2.45) is 5.41 Å². The fraction of sp³-hybridized carbons (Fsp3) is 0.571. The first-order chi connectivity index (χ1) is 9.89. The van der Waals surface area contributed by atoms with Crippen LogP contribution in [0.5, 0.6) is 0 Å². The van der Waals surface area contributed by atoms with Crippen LogP contribution >= 0.6 is 0 Å². The third kappa shape index (κ3) is 2.91. The highest BCUT2D eigenvalue weighted by molar-refractivity contribution is 5.93. The summed E-state index contributed by atoms with van der Waals surface area (Å²) in [5, 5.41) is 9.33. The summed E-state index contributed by atoms with van der Waals surface area (Å²) in [6.45, 7) is 1.69. The van der Waals surface area contributed by atoms with Crippen molar-refractivity contribution >= 4 is 11.9 Å². The summed E-state index contributed by atoms with van der Waals surface area (Å²) in [6.07, 6.45) is -0.291. The zero-order chi connectivity index (χ0) is 15.6. The number of carbonyl (C=O) groups excluding carboxylic acids is 1. The van der Waals surface area contributed by atoms with Gasteiger partial charge in [-0.25, -0.2) is 8.78 Å². The maximum Gasteiger partial charge on any atom is 0.311 e. The average Bonchev–Trinajstić information content (AvgIpc) is 3.04. The molecule has 0 aliphatic carbocycles. The molecule has 7 heteroatoms. The Labute approximate surface area is 121 Å². The zero-order valence-electron chi connectivity index (χ0n) is 11.8. The number of hydrogen-bond donors (Lipinski definition) is 1. The Morgan fingerprint density at radius 3 is 2.71 bits per heavy atom. The van der Waals surface area contributed by atoms with Gasteiger partial charge in [-0.05, 0) is 25.0 Å². The molecule has 0 aromatic carbocycles. The molecule has 1 aromatic rings. The summed E-state index contributed by atoms with van der Waals surface area (Å²) < 4.78 is 26.2. The largest absolute Gasteiger partial charge is 0.481 e. The minimum absolute atomic E-state index is 0.123. The van der Waals surface area contributed by atoms with Crippen LogP contribution in [0.15, 0.2) is 18.3 Å². The summed E-state index contributed by atoms with van der Waals surface area (Å²) in [4.78, 5) is 25.2. The van der Waals surface area contributed by atoms with Crippen molar-refractivity contribution < 1.29 is 23.5 Å². The van der Waals surface area contributed by atoms with Gasteiger partial charge in [0.2, 0.25) is 0 Å². The number of rotatable bonds is 5. The summed E-state index contributed by atoms with van der Waals surface area (Å²) in [6, 6.07) is 3.02. The van der Waals surface area contributed by atoms with Crippen LogP contribution in [0.3, 0.4) is 0 Å². The molecule has 1 N–H and O–H groups in total. The molecule has 0 saturated carbocycles. The van der Waals surface area contributed by atoms with Crippen LogP contribution < -0.4 is 0 Å². The Hall–Kier alpha value is -1.92. The normalized spacial score (nSPS) is 22.0. The van der Waals surface area contributed by atoms with E-state index in [0.717, 1.165) is 0 Å². The topological polar surface area (TPSA) is 62.5 Å². The Morgan fingerprint density at radius 2 is 2.19 bits per heavy atom. The number of aliphatic carboxylic acids is 1. The molecule has 0 bridgehead atoms. The van der Waals surface area contributed by atoms with Gasteiger partial charge in [0.05, 0.1) is 12.0 Å². The number of likely N-dealkylation sites (tertiary alicyclic amines) is 1. The summed E-state index contributed by atoms with van der Waals surface area (Å²) in [7, 11) is 0. The van der Waals surface area contributed by atoms with Gasteiger partial charge in [0.15, 0.2) is 0 Å². The second-order valence-corrected chi connectivity index (χ2v) is 5.35. The van der Waals surface area contributed by atoms with Gasteiger partial charge >= 0.3 is 5.97 Å². The first-order valence-corrected chi connectivity index (χ1v) is 6.85. The monoisotopic (exact) mass is 300 g/mol. The van der Waals surface area contributed by atoms with Gasteiger partial charge in [-0.3, -0.25) is 9.59 Å². The predicted molar refractivity (Wildman–Crippen MR) is 71.3 cm³/mol. The van der Waals surface area contributed by atoms with E-state index in [1.807, 2.05) is 0 Å². The minimum atomic E-state index is -2.55. The Kier molecular flexibility index (Phi) is 4.29. The van der Waals surface area contributed by atoms with E-state index in [1.54, 1.807) is 6.92 Å². The number of amides is 1. The number of nitrogens with zero attached hydrogens (tertiary/aromatic N) is 2. The molecule has 1 fully saturated rings. The van der Waals surface area contributed by atoms with E-state index in [4.69, 9.17) is 0 Å². The van der Waals surface area contributed by atoms with Crippen LogP contribution in [0.25, 0.3) is 0 Å². The lowest BCUT2D eigenvalue weighted by Crippen LogP contribution is -2.37. The van der Waals surface area contributed by atoms with E-state index in [0.29, 0.717) is 19.4 Å². The molecule has 0 radical (unpaired) electrons. The molecule has 2 rings (SSSR count). The quantitative estimate of drug-likeness (QED) is 0.905. The molecule has 0 spiro atoms. The molecule has 1 aliphatic rings. The predicted octanol–water partition coefficient (Wildman–Crippen LogP) is 2.08. The van der Waals surface area contributed by atoms with Crippen molar-refractivity contribution in [2.45, 2.75) is 32.7 Å². The van der Waals surface area contributed by atoms with Gasteiger partial charge in [0.25, 0.3) is 12.3 Å². The van der Waals surface area contributed by atoms with Crippen molar-refractivity contribution in [3.05, 3.63) is 24.0 Å². The van der Waals surface area contributed by atoms with Crippen LogP contribution in [-0.2, 0) is 11.3 Å².